The Morgan fingerprint density at radius 2 is 1.69 bits per heavy atom. The number of benzene rings is 3. The van der Waals surface area contributed by atoms with Gasteiger partial charge in [-0.3, -0.25) is 9.20 Å². The zero-order valence-corrected chi connectivity index (χ0v) is 18.0. The first kappa shape index (κ1) is 20.1. The van der Waals surface area contributed by atoms with E-state index in [-0.39, 0.29) is 17.5 Å². The SMILES string of the molecule is CN(C(=O)CSc1nnc2c3ccccc3nc(-c3ccccc3)n12)c1ccc(F)cc1. The molecule has 6 nitrogen and oxygen atoms in total. The summed E-state index contributed by atoms with van der Waals surface area (Å²) < 4.78 is 15.1. The molecule has 158 valence electrons. The van der Waals surface area contributed by atoms with Gasteiger partial charge >= 0.3 is 0 Å². The average molecular weight is 444 g/mol. The summed E-state index contributed by atoms with van der Waals surface area (Å²) in [6.45, 7) is 0. The van der Waals surface area contributed by atoms with Crippen LogP contribution in [0.25, 0.3) is 27.9 Å². The predicted octanol–water partition coefficient (Wildman–Crippen LogP) is 4.84. The fourth-order valence-electron chi connectivity index (χ4n) is 3.47. The molecule has 2 aromatic heterocycles. The van der Waals surface area contributed by atoms with Gasteiger partial charge in [0.2, 0.25) is 5.91 Å². The average Bonchev–Trinajstić information content (AvgIpc) is 3.27. The summed E-state index contributed by atoms with van der Waals surface area (Å²) >= 11 is 1.29. The van der Waals surface area contributed by atoms with Crippen molar-refractivity contribution in [1.29, 1.82) is 0 Å². The lowest BCUT2D eigenvalue weighted by molar-refractivity contribution is -0.115. The molecule has 3 aromatic carbocycles. The lowest BCUT2D eigenvalue weighted by atomic mass is 10.2. The second kappa shape index (κ2) is 8.39. The zero-order chi connectivity index (χ0) is 22.1. The quantitative estimate of drug-likeness (QED) is 0.364. The Morgan fingerprint density at radius 1 is 0.969 bits per heavy atom. The number of rotatable bonds is 5. The fraction of sp³-hybridized carbons (Fsp3) is 0.0833. The molecule has 0 atom stereocenters. The van der Waals surface area contributed by atoms with Crippen LogP contribution < -0.4 is 4.90 Å². The lowest BCUT2D eigenvalue weighted by Gasteiger charge is -2.17. The standard InChI is InChI=1S/C24H18FN5OS/c1-29(18-13-11-17(25)12-14-18)21(31)15-32-24-28-27-23-19-9-5-6-10-20(19)26-22(30(23)24)16-7-3-2-4-8-16/h2-14H,15H2,1H3. The molecule has 32 heavy (non-hydrogen) atoms. The number of carbonyl (C=O) groups is 1. The number of halogens is 1. The van der Waals surface area contributed by atoms with Gasteiger partial charge in [-0.25, -0.2) is 9.37 Å². The second-order valence-corrected chi connectivity index (χ2v) is 8.12. The summed E-state index contributed by atoms with van der Waals surface area (Å²) in [5.41, 5.74) is 3.08. The van der Waals surface area contributed by atoms with Crippen molar-refractivity contribution in [2.75, 3.05) is 17.7 Å². The van der Waals surface area contributed by atoms with Crippen molar-refractivity contribution < 1.29 is 9.18 Å². The molecule has 0 aliphatic heterocycles. The van der Waals surface area contributed by atoms with E-state index < -0.39 is 0 Å². The third-order valence-corrected chi connectivity index (χ3v) is 6.07. The number of fused-ring (bicyclic) bond motifs is 3. The van der Waals surface area contributed by atoms with E-state index in [1.165, 1.54) is 28.8 Å². The van der Waals surface area contributed by atoms with Gasteiger partial charge in [-0.05, 0) is 36.4 Å². The van der Waals surface area contributed by atoms with E-state index in [1.807, 2.05) is 59.0 Å². The molecule has 5 aromatic rings. The number of amides is 1. The van der Waals surface area contributed by atoms with Crippen molar-refractivity contribution >= 4 is 39.9 Å². The molecule has 1 amide bonds. The largest absolute Gasteiger partial charge is 0.315 e. The third kappa shape index (κ3) is 3.69. The molecule has 0 saturated heterocycles. The Hall–Kier alpha value is -3.78. The molecule has 8 heteroatoms. The van der Waals surface area contributed by atoms with E-state index >= 15 is 0 Å². The highest BCUT2D eigenvalue weighted by molar-refractivity contribution is 7.99. The summed E-state index contributed by atoms with van der Waals surface area (Å²) in [4.78, 5) is 19.1. The van der Waals surface area contributed by atoms with Crippen molar-refractivity contribution in [1.82, 2.24) is 19.6 Å². The topological polar surface area (TPSA) is 63.4 Å². The highest BCUT2D eigenvalue weighted by Crippen LogP contribution is 2.29. The van der Waals surface area contributed by atoms with Crippen LogP contribution in [0.1, 0.15) is 0 Å². The Bertz CT molecular complexity index is 1420. The first-order valence-corrected chi connectivity index (χ1v) is 10.9. The van der Waals surface area contributed by atoms with Gasteiger partial charge in [0.25, 0.3) is 0 Å². The van der Waals surface area contributed by atoms with Crippen LogP contribution in [0.4, 0.5) is 10.1 Å². The van der Waals surface area contributed by atoms with E-state index in [0.717, 1.165) is 16.5 Å². The molecular weight excluding hydrogens is 425 g/mol. The number of aromatic nitrogens is 4. The van der Waals surface area contributed by atoms with Crippen LogP contribution in [0.5, 0.6) is 0 Å². The van der Waals surface area contributed by atoms with Crippen LogP contribution in [-0.2, 0) is 4.79 Å². The summed E-state index contributed by atoms with van der Waals surface area (Å²) in [5.74, 6) is 0.391. The summed E-state index contributed by atoms with van der Waals surface area (Å²) in [7, 11) is 1.67. The first-order valence-electron chi connectivity index (χ1n) is 9.96. The summed E-state index contributed by atoms with van der Waals surface area (Å²) in [6, 6.07) is 23.4. The molecule has 0 bridgehead atoms. The molecule has 0 N–H and O–H groups in total. The Kier molecular flexibility index (Phi) is 5.28. The van der Waals surface area contributed by atoms with Crippen LogP contribution in [0, 0.1) is 5.82 Å². The number of hydrogen-bond donors (Lipinski definition) is 0. The van der Waals surface area contributed by atoms with E-state index in [9.17, 15) is 9.18 Å². The monoisotopic (exact) mass is 443 g/mol. The minimum Gasteiger partial charge on any atom is -0.315 e. The van der Waals surface area contributed by atoms with Crippen LogP contribution in [0.2, 0.25) is 0 Å². The zero-order valence-electron chi connectivity index (χ0n) is 17.1. The first-order chi connectivity index (χ1) is 15.6. The number of thioether (sulfide) groups is 1. The predicted molar refractivity (Wildman–Crippen MR) is 124 cm³/mol. The van der Waals surface area contributed by atoms with Gasteiger partial charge in [0.15, 0.2) is 10.8 Å². The van der Waals surface area contributed by atoms with Gasteiger partial charge in [-0.2, -0.15) is 0 Å². The normalized spacial score (nSPS) is 11.2. The maximum absolute atomic E-state index is 13.2. The second-order valence-electron chi connectivity index (χ2n) is 7.18. The molecule has 0 aliphatic rings. The molecule has 0 saturated carbocycles. The number of carbonyl (C=O) groups excluding carboxylic acids is 1. The molecule has 0 fully saturated rings. The smallest absolute Gasteiger partial charge is 0.237 e. The minimum absolute atomic E-state index is 0.131. The van der Waals surface area contributed by atoms with Crippen LogP contribution in [0.3, 0.4) is 0 Å². The van der Waals surface area contributed by atoms with Crippen LogP contribution in [-0.4, -0.2) is 38.3 Å². The molecule has 0 spiro atoms. The van der Waals surface area contributed by atoms with E-state index in [4.69, 9.17) is 4.98 Å². The van der Waals surface area contributed by atoms with Gasteiger partial charge in [-0.15, -0.1) is 10.2 Å². The summed E-state index contributed by atoms with van der Waals surface area (Å²) in [5, 5.41) is 10.2. The molecule has 0 unspecified atom stereocenters. The molecule has 0 radical (unpaired) electrons. The lowest BCUT2D eigenvalue weighted by Crippen LogP contribution is -2.28. The summed E-state index contributed by atoms with van der Waals surface area (Å²) in [6.07, 6.45) is 0. The Balaban J connectivity index is 1.51. The Morgan fingerprint density at radius 3 is 2.47 bits per heavy atom. The van der Waals surface area contributed by atoms with Gasteiger partial charge in [0, 0.05) is 23.7 Å². The van der Waals surface area contributed by atoms with Gasteiger partial charge in [0.05, 0.1) is 11.3 Å². The maximum atomic E-state index is 13.2. The van der Waals surface area contributed by atoms with Crippen molar-refractivity contribution in [3.05, 3.63) is 84.7 Å². The maximum Gasteiger partial charge on any atom is 0.237 e. The van der Waals surface area contributed by atoms with Crippen LogP contribution in [0.15, 0.2) is 84.0 Å². The van der Waals surface area contributed by atoms with Crippen molar-refractivity contribution in [3.63, 3.8) is 0 Å². The van der Waals surface area contributed by atoms with Gasteiger partial charge in [-0.1, -0.05) is 54.2 Å². The highest BCUT2D eigenvalue weighted by atomic mass is 32.2. The molecule has 2 heterocycles. The van der Waals surface area contributed by atoms with Crippen molar-refractivity contribution in [2.24, 2.45) is 0 Å². The number of para-hydroxylation sites is 1. The van der Waals surface area contributed by atoms with Crippen molar-refractivity contribution in [3.8, 4) is 11.4 Å². The van der Waals surface area contributed by atoms with Gasteiger partial charge in [0.1, 0.15) is 11.6 Å². The molecular formula is C24H18FN5OS. The molecule has 5 rings (SSSR count). The van der Waals surface area contributed by atoms with E-state index in [1.54, 1.807) is 19.2 Å². The minimum atomic E-state index is -0.341. The number of nitrogens with zero attached hydrogens (tertiary/aromatic N) is 5. The van der Waals surface area contributed by atoms with Crippen molar-refractivity contribution in [2.45, 2.75) is 5.16 Å². The highest BCUT2D eigenvalue weighted by Gasteiger charge is 2.19. The van der Waals surface area contributed by atoms with E-state index in [0.29, 0.717) is 22.3 Å². The Labute approximate surface area is 187 Å². The number of hydrogen-bond acceptors (Lipinski definition) is 5. The third-order valence-electron chi connectivity index (χ3n) is 5.16. The fourth-order valence-corrected chi connectivity index (χ4v) is 4.31. The van der Waals surface area contributed by atoms with Gasteiger partial charge < -0.3 is 4.90 Å². The number of anilines is 1. The van der Waals surface area contributed by atoms with E-state index in [2.05, 4.69) is 10.2 Å². The van der Waals surface area contributed by atoms with Crippen LogP contribution >= 0.6 is 11.8 Å². The molecule has 0 aliphatic carbocycles.